The predicted molar refractivity (Wildman–Crippen MR) is 147 cm³/mol. The number of hydrogen-bond donors (Lipinski definition) is 1. The molecule has 0 fully saturated rings. The van der Waals surface area contributed by atoms with E-state index in [0.29, 0.717) is 0 Å². The number of allylic oxidation sites excluding steroid dienone is 1. The van der Waals surface area contributed by atoms with Gasteiger partial charge in [-0.2, -0.15) is 0 Å². The number of aliphatic hydroxyl groups excluding tert-OH is 1. The molecule has 0 aliphatic heterocycles. The molecule has 34 heavy (non-hydrogen) atoms. The predicted octanol–water partition coefficient (Wildman–Crippen LogP) is 9.05. The third-order valence-corrected chi connectivity index (χ3v) is 7.52. The van der Waals surface area contributed by atoms with E-state index in [9.17, 15) is 5.11 Å². The quantitative estimate of drug-likeness (QED) is 0.243. The molecule has 1 N–H and O–H groups in total. The smallest absolute Gasteiger partial charge is 0.128 e. The van der Waals surface area contributed by atoms with Crippen LogP contribution in [0.4, 0.5) is 0 Å². The number of benzene rings is 1. The van der Waals surface area contributed by atoms with Gasteiger partial charge in [-0.15, -0.1) is 0 Å². The summed E-state index contributed by atoms with van der Waals surface area (Å²) in [4.78, 5) is 0. The molecule has 1 aromatic carbocycles. The second-order valence-corrected chi connectivity index (χ2v) is 11.2. The summed E-state index contributed by atoms with van der Waals surface area (Å²) in [5.74, 6) is 4.07. The number of hydrogen-bond acceptors (Lipinski definition) is 3. The summed E-state index contributed by atoms with van der Waals surface area (Å²) in [7, 11) is 3.36. The molecule has 1 unspecified atom stereocenters. The molecule has 0 bridgehead atoms. The summed E-state index contributed by atoms with van der Waals surface area (Å²) in [6.07, 6.45) is 12.9. The van der Waals surface area contributed by atoms with Gasteiger partial charge < -0.3 is 14.6 Å². The van der Waals surface area contributed by atoms with E-state index in [1.54, 1.807) is 14.2 Å². The summed E-state index contributed by atoms with van der Waals surface area (Å²) < 4.78 is 11.3. The third kappa shape index (κ3) is 9.64. The summed E-state index contributed by atoms with van der Waals surface area (Å²) >= 11 is 0. The van der Waals surface area contributed by atoms with Crippen LogP contribution in [-0.4, -0.2) is 19.3 Å². The molecule has 0 aliphatic rings. The topological polar surface area (TPSA) is 38.7 Å². The first-order valence-corrected chi connectivity index (χ1v) is 13.6. The van der Waals surface area contributed by atoms with Gasteiger partial charge in [-0.25, -0.2) is 0 Å². The molecule has 0 amide bonds. The van der Waals surface area contributed by atoms with Crippen LogP contribution in [0.2, 0.25) is 0 Å². The Morgan fingerprint density at radius 3 is 1.71 bits per heavy atom. The Kier molecular flexibility index (Phi) is 13.9. The molecule has 0 saturated carbocycles. The third-order valence-electron chi connectivity index (χ3n) is 7.52. The van der Waals surface area contributed by atoms with Gasteiger partial charge in [-0.3, -0.25) is 0 Å². The SMILES string of the molecule is COc1c(C)c(C)c(OC)c(C(O)C=C(C)CCC[C@H](C)CCC[C@H](C)CCCC(C)C)c1C. The second-order valence-electron chi connectivity index (χ2n) is 11.2. The van der Waals surface area contributed by atoms with Gasteiger partial charge in [0.25, 0.3) is 0 Å². The molecule has 0 aromatic heterocycles. The normalized spacial score (nSPS) is 14.9. The first-order valence-electron chi connectivity index (χ1n) is 13.6. The lowest BCUT2D eigenvalue weighted by Gasteiger charge is -2.22. The molecule has 3 nitrogen and oxygen atoms in total. The zero-order valence-electron chi connectivity index (χ0n) is 24.0. The maximum Gasteiger partial charge on any atom is 0.128 e. The van der Waals surface area contributed by atoms with E-state index in [-0.39, 0.29) is 0 Å². The molecule has 0 spiro atoms. The fourth-order valence-electron chi connectivity index (χ4n) is 5.19. The van der Waals surface area contributed by atoms with Gasteiger partial charge in [0.05, 0.1) is 14.2 Å². The highest BCUT2D eigenvalue weighted by atomic mass is 16.5. The van der Waals surface area contributed by atoms with Gasteiger partial charge in [0.2, 0.25) is 0 Å². The second kappa shape index (κ2) is 15.5. The Hall–Kier alpha value is -1.48. The number of methoxy groups -OCH3 is 2. The monoisotopic (exact) mass is 474 g/mol. The van der Waals surface area contributed by atoms with Gasteiger partial charge in [0.1, 0.15) is 17.6 Å². The molecule has 1 rings (SSSR count). The van der Waals surface area contributed by atoms with Gasteiger partial charge in [-0.05, 0) is 69.4 Å². The van der Waals surface area contributed by atoms with E-state index < -0.39 is 6.10 Å². The van der Waals surface area contributed by atoms with E-state index in [1.165, 1.54) is 56.9 Å². The van der Waals surface area contributed by atoms with Crippen molar-refractivity contribution in [2.75, 3.05) is 14.2 Å². The van der Waals surface area contributed by atoms with Crippen molar-refractivity contribution in [1.82, 2.24) is 0 Å². The van der Waals surface area contributed by atoms with Gasteiger partial charge in [-0.1, -0.05) is 84.3 Å². The Morgan fingerprint density at radius 1 is 0.735 bits per heavy atom. The van der Waals surface area contributed by atoms with Crippen molar-refractivity contribution in [3.05, 3.63) is 33.9 Å². The lowest BCUT2D eigenvalue weighted by atomic mass is 9.91. The average Bonchev–Trinajstić information content (AvgIpc) is 2.76. The van der Waals surface area contributed by atoms with Crippen LogP contribution in [0.3, 0.4) is 0 Å². The van der Waals surface area contributed by atoms with Crippen molar-refractivity contribution >= 4 is 0 Å². The highest BCUT2D eigenvalue weighted by Gasteiger charge is 2.23. The number of rotatable bonds is 16. The van der Waals surface area contributed by atoms with E-state index >= 15 is 0 Å². The summed E-state index contributed by atoms with van der Waals surface area (Å²) in [5, 5.41) is 11.1. The van der Waals surface area contributed by atoms with Crippen LogP contribution in [0.1, 0.15) is 121 Å². The highest BCUT2D eigenvalue weighted by molar-refractivity contribution is 5.59. The lowest BCUT2D eigenvalue weighted by molar-refractivity contribution is 0.219. The van der Waals surface area contributed by atoms with E-state index in [4.69, 9.17) is 9.47 Å². The molecule has 3 heteroatoms. The minimum atomic E-state index is -0.697. The molecule has 0 saturated heterocycles. The zero-order chi connectivity index (χ0) is 25.8. The van der Waals surface area contributed by atoms with Crippen molar-refractivity contribution in [3.8, 4) is 11.5 Å². The van der Waals surface area contributed by atoms with Crippen molar-refractivity contribution < 1.29 is 14.6 Å². The Balaban J connectivity index is 2.56. The summed E-state index contributed by atoms with van der Waals surface area (Å²) in [6.45, 7) is 17.7. The number of ether oxygens (including phenoxy) is 2. The van der Waals surface area contributed by atoms with Gasteiger partial charge in [0.15, 0.2) is 0 Å². The summed E-state index contributed by atoms with van der Waals surface area (Å²) in [5.41, 5.74) is 5.08. The minimum absolute atomic E-state index is 0.697. The number of aliphatic hydroxyl groups is 1. The van der Waals surface area contributed by atoms with Crippen molar-refractivity contribution in [2.45, 2.75) is 119 Å². The minimum Gasteiger partial charge on any atom is -0.496 e. The van der Waals surface area contributed by atoms with E-state index in [1.807, 2.05) is 26.8 Å². The van der Waals surface area contributed by atoms with Crippen LogP contribution in [-0.2, 0) is 0 Å². The molecular weight excluding hydrogens is 420 g/mol. The van der Waals surface area contributed by atoms with Crippen molar-refractivity contribution in [1.29, 1.82) is 0 Å². The molecule has 196 valence electrons. The molecule has 0 heterocycles. The summed E-state index contributed by atoms with van der Waals surface area (Å²) in [6, 6.07) is 0. The van der Waals surface area contributed by atoms with Crippen molar-refractivity contribution in [3.63, 3.8) is 0 Å². The molecule has 1 aromatic rings. The molecule has 3 atom stereocenters. The van der Waals surface area contributed by atoms with Crippen LogP contribution in [0, 0.1) is 38.5 Å². The largest absolute Gasteiger partial charge is 0.496 e. The van der Waals surface area contributed by atoms with Crippen molar-refractivity contribution in [2.24, 2.45) is 17.8 Å². The first kappa shape index (κ1) is 30.6. The van der Waals surface area contributed by atoms with Crippen LogP contribution in [0.15, 0.2) is 11.6 Å². The van der Waals surface area contributed by atoms with Crippen LogP contribution in [0.25, 0.3) is 0 Å². The molecule has 0 radical (unpaired) electrons. The Bertz CT molecular complexity index is 763. The maximum atomic E-state index is 11.1. The average molecular weight is 475 g/mol. The zero-order valence-corrected chi connectivity index (χ0v) is 24.0. The van der Waals surface area contributed by atoms with Gasteiger partial charge in [0, 0.05) is 11.1 Å². The van der Waals surface area contributed by atoms with Crippen LogP contribution < -0.4 is 9.47 Å². The standard InChI is InChI=1S/C31H54O3/c1-21(2)14-11-15-22(3)16-12-17-23(4)18-13-19-24(5)20-28(32)29-27(8)30(33-9)25(6)26(7)31(29)34-10/h20-23,28,32H,11-19H2,1-10H3/t22-,23-,28?/m1/s1. The maximum absolute atomic E-state index is 11.1. The highest BCUT2D eigenvalue weighted by Crippen LogP contribution is 2.41. The van der Waals surface area contributed by atoms with E-state index in [0.717, 1.165) is 57.9 Å². The van der Waals surface area contributed by atoms with E-state index in [2.05, 4.69) is 34.6 Å². The first-order chi connectivity index (χ1) is 16.0. The van der Waals surface area contributed by atoms with Crippen LogP contribution in [0.5, 0.6) is 11.5 Å². The Labute approximate surface area is 211 Å². The molecule has 0 aliphatic carbocycles. The Morgan fingerprint density at radius 2 is 1.21 bits per heavy atom. The fraction of sp³-hybridized carbons (Fsp3) is 0.742. The lowest BCUT2D eigenvalue weighted by Crippen LogP contribution is -2.07. The fourth-order valence-corrected chi connectivity index (χ4v) is 5.19. The van der Waals surface area contributed by atoms with Gasteiger partial charge >= 0.3 is 0 Å². The van der Waals surface area contributed by atoms with Crippen LogP contribution >= 0.6 is 0 Å². The molecular formula is C31H54O3.